The van der Waals surface area contributed by atoms with Crippen LogP contribution in [0.1, 0.15) is 11.5 Å². The molecule has 0 bridgehead atoms. The van der Waals surface area contributed by atoms with Crippen LogP contribution in [0.4, 0.5) is 4.39 Å². The SMILES string of the molecule is CS(=O)(=O)[C@@H]1[C@@H](CN)[C@@H]1c1cccc(F)c1. The van der Waals surface area contributed by atoms with Gasteiger partial charge in [-0.1, -0.05) is 12.1 Å². The van der Waals surface area contributed by atoms with E-state index >= 15 is 0 Å². The van der Waals surface area contributed by atoms with Gasteiger partial charge >= 0.3 is 0 Å². The first kappa shape index (κ1) is 11.5. The lowest BCUT2D eigenvalue weighted by Crippen LogP contribution is -2.11. The van der Waals surface area contributed by atoms with Crippen LogP contribution in [0.3, 0.4) is 0 Å². The Bertz CT molecular complexity index is 500. The average Bonchev–Trinajstić information content (AvgIpc) is 2.91. The van der Waals surface area contributed by atoms with Gasteiger partial charge in [-0.3, -0.25) is 0 Å². The predicted molar refractivity (Wildman–Crippen MR) is 60.3 cm³/mol. The summed E-state index contributed by atoms with van der Waals surface area (Å²) in [7, 11) is -3.10. The van der Waals surface area contributed by atoms with Gasteiger partial charge in [-0.25, -0.2) is 12.8 Å². The smallest absolute Gasteiger partial charge is 0.151 e. The number of nitrogens with two attached hydrogens (primary N) is 1. The molecule has 0 saturated heterocycles. The van der Waals surface area contributed by atoms with Gasteiger partial charge in [0.25, 0.3) is 0 Å². The molecule has 0 spiro atoms. The zero-order valence-corrected chi connectivity index (χ0v) is 9.75. The first-order valence-electron chi connectivity index (χ1n) is 5.09. The van der Waals surface area contributed by atoms with Gasteiger partial charge in [0, 0.05) is 12.2 Å². The molecule has 2 rings (SSSR count). The molecule has 3 nitrogen and oxygen atoms in total. The molecule has 3 atom stereocenters. The molecule has 0 aliphatic heterocycles. The molecule has 16 heavy (non-hydrogen) atoms. The molecule has 5 heteroatoms. The minimum atomic E-state index is -3.10. The third-order valence-corrected chi connectivity index (χ3v) is 4.73. The molecule has 1 aliphatic carbocycles. The lowest BCUT2D eigenvalue weighted by Gasteiger charge is -1.99. The minimum Gasteiger partial charge on any atom is -0.330 e. The van der Waals surface area contributed by atoms with Crippen LogP contribution in [0.25, 0.3) is 0 Å². The molecule has 1 fully saturated rings. The van der Waals surface area contributed by atoms with Crippen LogP contribution in [0.15, 0.2) is 24.3 Å². The maximum absolute atomic E-state index is 13.0. The molecule has 0 amide bonds. The van der Waals surface area contributed by atoms with Crippen LogP contribution in [-0.2, 0) is 9.84 Å². The lowest BCUT2D eigenvalue weighted by atomic mass is 10.1. The highest BCUT2D eigenvalue weighted by Crippen LogP contribution is 2.51. The molecule has 0 heterocycles. The Morgan fingerprint density at radius 1 is 1.44 bits per heavy atom. The van der Waals surface area contributed by atoms with Crippen LogP contribution < -0.4 is 5.73 Å². The van der Waals surface area contributed by atoms with Gasteiger partial charge in [0.2, 0.25) is 0 Å². The van der Waals surface area contributed by atoms with Gasteiger partial charge in [-0.15, -0.1) is 0 Å². The first-order chi connectivity index (χ1) is 7.45. The topological polar surface area (TPSA) is 60.2 Å². The van der Waals surface area contributed by atoms with E-state index in [1.54, 1.807) is 12.1 Å². The van der Waals surface area contributed by atoms with Crippen LogP contribution in [0, 0.1) is 11.7 Å². The fraction of sp³-hybridized carbons (Fsp3) is 0.455. The highest BCUT2D eigenvalue weighted by molar-refractivity contribution is 7.91. The van der Waals surface area contributed by atoms with E-state index in [2.05, 4.69) is 0 Å². The summed E-state index contributed by atoms with van der Waals surface area (Å²) in [6, 6.07) is 6.08. The van der Waals surface area contributed by atoms with Crippen LogP contribution >= 0.6 is 0 Å². The maximum Gasteiger partial charge on any atom is 0.151 e. The van der Waals surface area contributed by atoms with Crippen molar-refractivity contribution >= 4 is 9.84 Å². The molecule has 2 N–H and O–H groups in total. The van der Waals surface area contributed by atoms with Crippen LogP contribution in [0.5, 0.6) is 0 Å². The Morgan fingerprint density at radius 2 is 2.12 bits per heavy atom. The van der Waals surface area contributed by atoms with Crippen molar-refractivity contribution in [2.75, 3.05) is 12.8 Å². The molecule has 0 aromatic heterocycles. The van der Waals surface area contributed by atoms with E-state index in [9.17, 15) is 12.8 Å². The van der Waals surface area contributed by atoms with E-state index in [0.717, 1.165) is 5.56 Å². The number of sulfone groups is 1. The summed E-state index contributed by atoms with van der Waals surface area (Å²) in [5.74, 6) is -0.556. The summed E-state index contributed by atoms with van der Waals surface area (Å²) in [6.07, 6.45) is 1.21. The second-order valence-electron chi connectivity index (χ2n) is 4.27. The second kappa shape index (κ2) is 3.82. The van der Waals surface area contributed by atoms with E-state index in [1.807, 2.05) is 0 Å². The Labute approximate surface area is 94.4 Å². The summed E-state index contributed by atoms with van der Waals surface area (Å²) >= 11 is 0. The van der Waals surface area contributed by atoms with E-state index in [-0.39, 0.29) is 17.7 Å². The highest BCUT2D eigenvalue weighted by atomic mass is 32.2. The number of hydrogen-bond donors (Lipinski definition) is 1. The number of hydrogen-bond acceptors (Lipinski definition) is 3. The van der Waals surface area contributed by atoms with Crippen molar-refractivity contribution in [1.29, 1.82) is 0 Å². The molecular formula is C11H14FNO2S. The molecule has 88 valence electrons. The normalized spacial score (nSPS) is 29.1. The van der Waals surface area contributed by atoms with Gasteiger partial charge in [-0.05, 0) is 30.2 Å². The van der Waals surface area contributed by atoms with Crippen molar-refractivity contribution in [1.82, 2.24) is 0 Å². The van der Waals surface area contributed by atoms with E-state index in [1.165, 1.54) is 18.4 Å². The summed E-state index contributed by atoms with van der Waals surface area (Å²) in [5.41, 5.74) is 6.26. The molecule has 0 radical (unpaired) electrons. The molecule has 1 aromatic rings. The number of benzene rings is 1. The molecule has 1 aliphatic rings. The summed E-state index contributed by atoms with van der Waals surface area (Å²) in [4.78, 5) is 0. The van der Waals surface area contributed by atoms with Gasteiger partial charge in [0.1, 0.15) is 5.82 Å². The van der Waals surface area contributed by atoms with Gasteiger partial charge in [-0.2, -0.15) is 0 Å². The quantitative estimate of drug-likeness (QED) is 0.858. The first-order valence-corrected chi connectivity index (χ1v) is 7.05. The number of halogens is 1. The maximum atomic E-state index is 13.0. The van der Waals surface area contributed by atoms with E-state index in [4.69, 9.17) is 5.73 Å². The Kier molecular flexibility index (Phi) is 2.75. The van der Waals surface area contributed by atoms with Crippen LogP contribution in [-0.4, -0.2) is 26.5 Å². The predicted octanol–water partition coefficient (Wildman–Crippen LogP) is 0.911. The van der Waals surface area contributed by atoms with Crippen molar-refractivity contribution in [3.63, 3.8) is 0 Å². The lowest BCUT2D eigenvalue weighted by molar-refractivity contribution is 0.597. The van der Waals surface area contributed by atoms with Crippen molar-refractivity contribution in [3.05, 3.63) is 35.6 Å². The summed E-state index contributed by atoms with van der Waals surface area (Å²) < 4.78 is 36.0. The molecule has 0 unspecified atom stereocenters. The summed E-state index contributed by atoms with van der Waals surface area (Å²) in [5, 5.41) is -0.445. The zero-order valence-electron chi connectivity index (χ0n) is 8.93. The molecule has 1 aromatic carbocycles. The van der Waals surface area contributed by atoms with Crippen molar-refractivity contribution in [2.45, 2.75) is 11.2 Å². The summed E-state index contributed by atoms with van der Waals surface area (Å²) in [6.45, 7) is 0.318. The molecule has 1 saturated carbocycles. The van der Waals surface area contributed by atoms with Crippen molar-refractivity contribution in [2.24, 2.45) is 11.7 Å². The zero-order chi connectivity index (χ0) is 11.9. The Hall–Kier alpha value is -0.940. The Balaban J connectivity index is 2.30. The standard InChI is InChI=1S/C11H14FNO2S/c1-16(14,15)11-9(6-13)10(11)7-3-2-4-8(12)5-7/h2-5,9-11H,6,13H2,1H3/t9-,10-,11+/m0/s1. The average molecular weight is 243 g/mol. The highest BCUT2D eigenvalue weighted by Gasteiger charge is 2.56. The third-order valence-electron chi connectivity index (χ3n) is 3.10. The largest absolute Gasteiger partial charge is 0.330 e. The fourth-order valence-electron chi connectivity index (χ4n) is 2.36. The molecular weight excluding hydrogens is 229 g/mol. The van der Waals surface area contributed by atoms with Crippen LogP contribution in [0.2, 0.25) is 0 Å². The minimum absolute atomic E-state index is 0.0724. The van der Waals surface area contributed by atoms with Gasteiger partial charge in [0.05, 0.1) is 5.25 Å². The van der Waals surface area contributed by atoms with Crippen molar-refractivity contribution < 1.29 is 12.8 Å². The van der Waals surface area contributed by atoms with Crippen molar-refractivity contribution in [3.8, 4) is 0 Å². The van der Waals surface area contributed by atoms with E-state index < -0.39 is 15.1 Å². The van der Waals surface area contributed by atoms with Gasteiger partial charge in [0.15, 0.2) is 9.84 Å². The number of rotatable bonds is 3. The second-order valence-corrected chi connectivity index (χ2v) is 6.48. The van der Waals surface area contributed by atoms with Gasteiger partial charge < -0.3 is 5.73 Å². The van der Waals surface area contributed by atoms with E-state index in [0.29, 0.717) is 6.54 Å². The third kappa shape index (κ3) is 1.97. The monoisotopic (exact) mass is 243 g/mol. The Morgan fingerprint density at radius 3 is 2.56 bits per heavy atom. The fourth-order valence-corrected chi connectivity index (χ4v) is 4.07.